The molecule has 2 heterocycles. The summed E-state index contributed by atoms with van der Waals surface area (Å²) < 4.78 is 1.11. The Morgan fingerprint density at radius 1 is 1.47 bits per heavy atom. The molecule has 0 saturated carbocycles. The molecule has 5 heteroatoms. The van der Waals surface area contributed by atoms with E-state index in [-0.39, 0.29) is 0 Å². The van der Waals surface area contributed by atoms with Crippen LogP contribution in [0, 0.1) is 11.3 Å². The number of nitrogens with one attached hydrogen (secondary N) is 1. The van der Waals surface area contributed by atoms with Crippen LogP contribution >= 0.6 is 27.3 Å². The Hall–Kier alpha value is -1.22. The molecule has 0 radical (unpaired) electrons. The van der Waals surface area contributed by atoms with Gasteiger partial charge in [0.2, 0.25) is 0 Å². The minimum atomic E-state index is 0.493. The SMILES string of the molecule is N#Cc1ncccc1CNCc1cc(Br)cs1. The Bertz CT molecular complexity index is 545. The molecule has 0 aromatic carbocycles. The summed E-state index contributed by atoms with van der Waals surface area (Å²) in [4.78, 5) is 5.28. The zero-order chi connectivity index (χ0) is 12.1. The van der Waals surface area contributed by atoms with Gasteiger partial charge in [0.1, 0.15) is 11.8 Å². The van der Waals surface area contributed by atoms with E-state index in [9.17, 15) is 0 Å². The molecule has 1 N–H and O–H groups in total. The fraction of sp³-hybridized carbons (Fsp3) is 0.167. The first-order valence-corrected chi connectivity index (χ1v) is 6.74. The first-order valence-electron chi connectivity index (χ1n) is 5.07. The first-order chi connectivity index (χ1) is 8.29. The Balaban J connectivity index is 1.92. The van der Waals surface area contributed by atoms with Gasteiger partial charge in [0, 0.05) is 39.6 Å². The van der Waals surface area contributed by atoms with Gasteiger partial charge in [-0.1, -0.05) is 6.07 Å². The summed E-state index contributed by atoms with van der Waals surface area (Å²) in [6, 6.07) is 7.95. The summed E-state index contributed by atoms with van der Waals surface area (Å²) in [5.74, 6) is 0. The molecule has 2 aromatic heterocycles. The van der Waals surface area contributed by atoms with Crippen LogP contribution in [0.15, 0.2) is 34.2 Å². The van der Waals surface area contributed by atoms with E-state index in [0.717, 1.165) is 16.6 Å². The second kappa shape index (κ2) is 5.92. The highest BCUT2D eigenvalue weighted by molar-refractivity contribution is 9.10. The van der Waals surface area contributed by atoms with Crippen molar-refractivity contribution in [3.8, 4) is 6.07 Å². The topological polar surface area (TPSA) is 48.7 Å². The number of thiophene rings is 1. The maximum Gasteiger partial charge on any atom is 0.144 e. The quantitative estimate of drug-likeness (QED) is 0.944. The maximum atomic E-state index is 8.89. The molecule has 2 rings (SSSR count). The molecule has 0 amide bonds. The van der Waals surface area contributed by atoms with Crippen LogP contribution < -0.4 is 5.32 Å². The molecule has 86 valence electrons. The molecule has 0 saturated heterocycles. The average molecular weight is 308 g/mol. The summed E-state index contributed by atoms with van der Waals surface area (Å²) in [6.07, 6.45) is 1.64. The van der Waals surface area contributed by atoms with Crippen molar-refractivity contribution in [2.24, 2.45) is 0 Å². The molecule has 0 fully saturated rings. The van der Waals surface area contributed by atoms with Crippen molar-refractivity contribution in [2.45, 2.75) is 13.1 Å². The van der Waals surface area contributed by atoms with Gasteiger partial charge in [-0.3, -0.25) is 0 Å². The van der Waals surface area contributed by atoms with Crippen LogP contribution in [0.4, 0.5) is 0 Å². The summed E-state index contributed by atoms with van der Waals surface area (Å²) in [5, 5.41) is 14.3. The largest absolute Gasteiger partial charge is 0.308 e. The van der Waals surface area contributed by atoms with E-state index < -0.39 is 0 Å². The second-order valence-corrected chi connectivity index (χ2v) is 5.37. The van der Waals surface area contributed by atoms with Gasteiger partial charge in [0.15, 0.2) is 0 Å². The Labute approximate surface area is 112 Å². The number of rotatable bonds is 4. The Kier molecular flexibility index (Phi) is 4.26. The first kappa shape index (κ1) is 12.2. The third-order valence-electron chi connectivity index (χ3n) is 2.23. The summed E-state index contributed by atoms with van der Waals surface area (Å²) in [6.45, 7) is 1.46. The third kappa shape index (κ3) is 3.37. The van der Waals surface area contributed by atoms with Crippen LogP contribution in [0.2, 0.25) is 0 Å². The fourth-order valence-electron chi connectivity index (χ4n) is 1.45. The average Bonchev–Trinajstić information content (AvgIpc) is 2.76. The minimum absolute atomic E-state index is 0.493. The van der Waals surface area contributed by atoms with Gasteiger partial charge in [-0.15, -0.1) is 11.3 Å². The predicted molar refractivity (Wildman–Crippen MR) is 71.5 cm³/mol. The third-order valence-corrected chi connectivity index (χ3v) is 3.93. The summed E-state index contributed by atoms with van der Waals surface area (Å²) in [5.41, 5.74) is 1.43. The van der Waals surface area contributed by atoms with Crippen molar-refractivity contribution < 1.29 is 0 Å². The number of nitrogens with zero attached hydrogens (tertiary/aromatic N) is 2. The Morgan fingerprint density at radius 3 is 3.06 bits per heavy atom. The maximum absolute atomic E-state index is 8.89. The molecule has 0 spiro atoms. The number of hydrogen-bond acceptors (Lipinski definition) is 4. The van der Waals surface area contributed by atoms with E-state index in [1.165, 1.54) is 4.88 Å². The van der Waals surface area contributed by atoms with Crippen molar-refractivity contribution >= 4 is 27.3 Å². The van der Waals surface area contributed by atoms with E-state index in [1.807, 2.05) is 12.1 Å². The van der Waals surface area contributed by atoms with E-state index in [4.69, 9.17) is 5.26 Å². The van der Waals surface area contributed by atoms with Crippen LogP contribution in [0.3, 0.4) is 0 Å². The lowest BCUT2D eigenvalue weighted by Crippen LogP contribution is -2.13. The number of hydrogen-bond donors (Lipinski definition) is 1. The zero-order valence-electron chi connectivity index (χ0n) is 8.98. The smallest absolute Gasteiger partial charge is 0.144 e. The van der Waals surface area contributed by atoms with Gasteiger partial charge in [-0.2, -0.15) is 5.26 Å². The van der Waals surface area contributed by atoms with Crippen molar-refractivity contribution in [3.63, 3.8) is 0 Å². The van der Waals surface area contributed by atoms with Gasteiger partial charge in [-0.25, -0.2) is 4.98 Å². The Morgan fingerprint density at radius 2 is 2.35 bits per heavy atom. The van der Waals surface area contributed by atoms with E-state index in [2.05, 4.69) is 43.7 Å². The highest BCUT2D eigenvalue weighted by Crippen LogP contribution is 2.19. The fourth-order valence-corrected chi connectivity index (χ4v) is 2.87. The lowest BCUT2D eigenvalue weighted by Gasteiger charge is -2.04. The lowest BCUT2D eigenvalue weighted by molar-refractivity contribution is 0.697. The van der Waals surface area contributed by atoms with Crippen molar-refractivity contribution in [1.82, 2.24) is 10.3 Å². The minimum Gasteiger partial charge on any atom is -0.308 e. The van der Waals surface area contributed by atoms with Gasteiger partial charge >= 0.3 is 0 Å². The van der Waals surface area contributed by atoms with E-state index in [1.54, 1.807) is 17.5 Å². The van der Waals surface area contributed by atoms with Crippen molar-refractivity contribution in [1.29, 1.82) is 5.26 Å². The second-order valence-electron chi connectivity index (χ2n) is 3.46. The molecular formula is C12H10BrN3S. The number of halogens is 1. The van der Waals surface area contributed by atoms with E-state index >= 15 is 0 Å². The molecular weight excluding hydrogens is 298 g/mol. The molecule has 2 aromatic rings. The molecule has 3 nitrogen and oxygen atoms in total. The van der Waals surface area contributed by atoms with Crippen molar-refractivity contribution in [2.75, 3.05) is 0 Å². The number of nitriles is 1. The zero-order valence-corrected chi connectivity index (χ0v) is 11.4. The van der Waals surface area contributed by atoms with E-state index in [0.29, 0.717) is 12.2 Å². The molecule has 0 bridgehead atoms. The van der Waals surface area contributed by atoms with Crippen LogP contribution in [-0.2, 0) is 13.1 Å². The monoisotopic (exact) mass is 307 g/mol. The van der Waals surface area contributed by atoms with Gasteiger partial charge in [-0.05, 0) is 28.1 Å². The lowest BCUT2D eigenvalue weighted by atomic mass is 10.2. The molecule has 0 atom stereocenters. The highest BCUT2D eigenvalue weighted by atomic mass is 79.9. The van der Waals surface area contributed by atoms with Gasteiger partial charge < -0.3 is 5.32 Å². The van der Waals surface area contributed by atoms with Crippen LogP contribution in [0.25, 0.3) is 0 Å². The normalized spacial score (nSPS) is 10.1. The predicted octanol–water partition coefficient (Wildman–Crippen LogP) is 3.07. The standard InChI is InChI=1S/C12H10BrN3S/c13-10-4-11(17-8-10)7-15-6-9-2-1-3-16-12(9)5-14/h1-4,8,15H,6-7H2. The van der Waals surface area contributed by atoms with Gasteiger partial charge in [0.05, 0.1) is 0 Å². The molecule has 0 aliphatic rings. The molecule has 0 unspecified atom stereocenters. The number of pyridine rings is 1. The van der Waals surface area contributed by atoms with Crippen LogP contribution in [0.5, 0.6) is 0 Å². The van der Waals surface area contributed by atoms with Crippen molar-refractivity contribution in [3.05, 3.63) is 50.4 Å². The van der Waals surface area contributed by atoms with Crippen LogP contribution in [0.1, 0.15) is 16.1 Å². The molecule has 17 heavy (non-hydrogen) atoms. The van der Waals surface area contributed by atoms with Gasteiger partial charge in [0.25, 0.3) is 0 Å². The summed E-state index contributed by atoms with van der Waals surface area (Å²) in [7, 11) is 0. The summed E-state index contributed by atoms with van der Waals surface area (Å²) >= 11 is 5.13. The molecule has 0 aliphatic heterocycles. The highest BCUT2D eigenvalue weighted by Gasteiger charge is 2.02. The van der Waals surface area contributed by atoms with Crippen LogP contribution in [-0.4, -0.2) is 4.98 Å². The number of aromatic nitrogens is 1. The molecule has 0 aliphatic carbocycles.